The number of hydrogen-bond donors (Lipinski definition) is 2. The van der Waals surface area contributed by atoms with Crippen molar-refractivity contribution in [1.82, 2.24) is 15.5 Å². The molecule has 7 nitrogen and oxygen atoms in total. The number of benzene rings is 2. The molecule has 1 aliphatic heterocycles. The van der Waals surface area contributed by atoms with E-state index >= 15 is 0 Å². The van der Waals surface area contributed by atoms with E-state index in [1.807, 2.05) is 54.6 Å². The number of alkyl halides is 3. The van der Waals surface area contributed by atoms with Crippen LogP contribution in [-0.2, 0) is 22.5 Å². The van der Waals surface area contributed by atoms with Gasteiger partial charge in [0.15, 0.2) is 0 Å². The lowest BCUT2D eigenvalue weighted by Crippen LogP contribution is -2.42. The second kappa shape index (κ2) is 12.5. The first-order chi connectivity index (χ1) is 16.2. The lowest BCUT2D eigenvalue weighted by atomic mass is 10.1. The molecular weight excluding hydrogens is 501 g/mol. The molecule has 0 unspecified atom stereocenters. The fraction of sp³-hybridized carbons (Fsp3) is 0.417. The van der Waals surface area contributed by atoms with Gasteiger partial charge in [0.05, 0.1) is 13.2 Å². The van der Waals surface area contributed by atoms with Crippen molar-refractivity contribution in [3.8, 4) is 5.75 Å². The number of carbonyl (C=O) groups is 2. The molecule has 0 saturated carbocycles. The maximum Gasteiger partial charge on any atom is 0.410 e. The average molecular weight is 529 g/mol. The highest BCUT2D eigenvalue weighted by Gasteiger charge is 2.36. The summed E-state index contributed by atoms with van der Waals surface area (Å²) in [4.78, 5) is 27.1. The van der Waals surface area contributed by atoms with Gasteiger partial charge in [-0.05, 0) is 36.1 Å². The van der Waals surface area contributed by atoms with Crippen LogP contribution in [-0.4, -0.2) is 59.6 Å². The molecule has 1 saturated heterocycles. The highest BCUT2D eigenvalue weighted by atomic mass is 35.6. The first kappa shape index (κ1) is 26.4. The van der Waals surface area contributed by atoms with Crippen LogP contribution >= 0.6 is 34.8 Å². The first-order valence-corrected chi connectivity index (χ1v) is 12.1. The predicted molar refractivity (Wildman–Crippen MR) is 134 cm³/mol. The molecule has 0 aliphatic carbocycles. The van der Waals surface area contributed by atoms with Crippen LogP contribution in [0.1, 0.15) is 17.5 Å². The van der Waals surface area contributed by atoms with Crippen LogP contribution in [0.3, 0.4) is 0 Å². The lowest BCUT2D eigenvalue weighted by Gasteiger charge is -2.28. The fourth-order valence-corrected chi connectivity index (χ4v) is 3.91. The normalized spacial score (nSPS) is 17.8. The summed E-state index contributed by atoms with van der Waals surface area (Å²) in [6.45, 7) is 0.874. The minimum Gasteiger partial charge on any atom is -0.497 e. The van der Waals surface area contributed by atoms with E-state index in [-0.39, 0.29) is 25.1 Å². The Labute approximate surface area is 214 Å². The van der Waals surface area contributed by atoms with Gasteiger partial charge in [0.2, 0.25) is 9.70 Å². The fourth-order valence-electron chi connectivity index (χ4n) is 3.75. The molecule has 0 spiro atoms. The summed E-state index contributed by atoms with van der Waals surface area (Å²) >= 11 is 17.2. The Morgan fingerprint density at radius 1 is 1.09 bits per heavy atom. The maximum atomic E-state index is 12.9. The van der Waals surface area contributed by atoms with Crippen LogP contribution in [0.2, 0.25) is 0 Å². The third-order valence-corrected chi connectivity index (χ3v) is 5.85. The topological polar surface area (TPSA) is 79.9 Å². The molecule has 2 N–H and O–H groups in total. The SMILES string of the molecule is COc1ccc(CN(C(=O)OCC(Cl)(Cl)Cl)[C@@H]2CN[C@H](C(=O)NCCc3ccccc3)C2)cc1. The molecule has 1 aliphatic rings. The number of nitrogens with zero attached hydrogens (tertiary/aromatic N) is 1. The van der Waals surface area contributed by atoms with Crippen molar-refractivity contribution in [2.24, 2.45) is 0 Å². The predicted octanol–water partition coefficient (Wildman–Crippen LogP) is 4.09. The number of halogens is 3. The molecule has 10 heteroatoms. The Kier molecular flexibility index (Phi) is 9.71. The number of ether oxygens (including phenoxy) is 2. The summed E-state index contributed by atoms with van der Waals surface area (Å²) < 4.78 is 8.73. The molecule has 34 heavy (non-hydrogen) atoms. The van der Waals surface area contributed by atoms with Gasteiger partial charge >= 0.3 is 6.09 Å². The Balaban J connectivity index is 1.60. The number of rotatable bonds is 9. The monoisotopic (exact) mass is 527 g/mol. The quantitative estimate of drug-likeness (QED) is 0.479. The van der Waals surface area contributed by atoms with Crippen LogP contribution in [0, 0.1) is 0 Å². The van der Waals surface area contributed by atoms with Crippen molar-refractivity contribution in [2.75, 3.05) is 26.8 Å². The molecule has 2 amide bonds. The molecule has 2 atom stereocenters. The molecular formula is C24H28Cl3N3O4. The molecule has 1 heterocycles. The minimum absolute atomic E-state index is 0.0995. The van der Waals surface area contributed by atoms with Crippen LogP contribution in [0.4, 0.5) is 4.79 Å². The highest BCUT2D eigenvalue weighted by molar-refractivity contribution is 6.67. The third-order valence-electron chi connectivity index (χ3n) is 5.53. The molecule has 0 bridgehead atoms. The summed E-state index contributed by atoms with van der Waals surface area (Å²) in [6, 6.07) is 16.6. The second-order valence-electron chi connectivity index (χ2n) is 8.02. The van der Waals surface area contributed by atoms with Crippen LogP contribution < -0.4 is 15.4 Å². The van der Waals surface area contributed by atoms with Crippen molar-refractivity contribution >= 4 is 46.8 Å². The standard InChI is InChI=1S/C24H28Cl3N3O4/c1-33-20-9-7-18(8-10-20)15-30(23(32)34-16-24(25,26)27)19-13-21(29-14-19)22(31)28-12-11-17-5-3-2-4-6-17/h2-10,19,21,29H,11-16H2,1H3,(H,28,31)/t19-,21-/m0/s1. The molecule has 0 aromatic heterocycles. The van der Waals surface area contributed by atoms with Gasteiger partial charge in [-0.3, -0.25) is 9.69 Å². The Bertz CT molecular complexity index is 939. The van der Waals surface area contributed by atoms with Crippen molar-refractivity contribution in [3.05, 3.63) is 65.7 Å². The highest BCUT2D eigenvalue weighted by Crippen LogP contribution is 2.27. The molecule has 184 valence electrons. The van der Waals surface area contributed by atoms with Gasteiger partial charge in [-0.2, -0.15) is 0 Å². The van der Waals surface area contributed by atoms with Crippen molar-refractivity contribution in [3.63, 3.8) is 0 Å². The zero-order valence-electron chi connectivity index (χ0n) is 18.8. The van der Waals surface area contributed by atoms with Gasteiger partial charge in [-0.25, -0.2) is 4.79 Å². The van der Waals surface area contributed by atoms with Crippen molar-refractivity contribution in [2.45, 2.75) is 35.3 Å². The van der Waals surface area contributed by atoms with E-state index in [1.165, 1.54) is 0 Å². The Morgan fingerprint density at radius 3 is 2.44 bits per heavy atom. The van der Waals surface area contributed by atoms with Crippen molar-refractivity contribution < 1.29 is 19.1 Å². The van der Waals surface area contributed by atoms with E-state index in [1.54, 1.807) is 12.0 Å². The average Bonchev–Trinajstić information content (AvgIpc) is 3.31. The lowest BCUT2D eigenvalue weighted by molar-refractivity contribution is -0.122. The van der Waals surface area contributed by atoms with E-state index in [9.17, 15) is 9.59 Å². The summed E-state index contributed by atoms with van der Waals surface area (Å²) in [5, 5.41) is 6.17. The molecule has 3 rings (SSSR count). The van der Waals surface area contributed by atoms with Gasteiger partial charge in [-0.15, -0.1) is 0 Å². The van der Waals surface area contributed by atoms with Gasteiger partial charge in [0.25, 0.3) is 0 Å². The smallest absolute Gasteiger partial charge is 0.410 e. The molecule has 0 radical (unpaired) electrons. The number of amides is 2. The third kappa shape index (κ3) is 8.24. The molecule has 2 aromatic carbocycles. The molecule has 2 aromatic rings. The van der Waals surface area contributed by atoms with Crippen molar-refractivity contribution in [1.29, 1.82) is 0 Å². The van der Waals surface area contributed by atoms with Gasteiger partial charge < -0.3 is 20.1 Å². The number of hydrogen-bond acceptors (Lipinski definition) is 5. The number of carbonyl (C=O) groups excluding carboxylic acids is 2. The second-order valence-corrected chi connectivity index (χ2v) is 10.5. The van der Waals surface area contributed by atoms with E-state index in [0.717, 1.165) is 17.5 Å². The van der Waals surface area contributed by atoms with Crippen LogP contribution in [0.15, 0.2) is 54.6 Å². The number of nitrogens with one attached hydrogen (secondary N) is 2. The first-order valence-electron chi connectivity index (χ1n) is 10.9. The van der Waals surface area contributed by atoms with E-state index in [2.05, 4.69) is 10.6 Å². The zero-order chi connectivity index (χ0) is 24.6. The van der Waals surface area contributed by atoms with Crippen LogP contribution in [0.5, 0.6) is 5.75 Å². The maximum absolute atomic E-state index is 12.9. The summed E-state index contributed by atoms with van der Waals surface area (Å²) in [5.74, 6) is 0.612. The summed E-state index contributed by atoms with van der Waals surface area (Å²) in [7, 11) is 1.59. The van der Waals surface area contributed by atoms with E-state index in [4.69, 9.17) is 44.3 Å². The Morgan fingerprint density at radius 2 is 1.79 bits per heavy atom. The summed E-state index contributed by atoms with van der Waals surface area (Å²) in [5.41, 5.74) is 2.03. The van der Waals surface area contributed by atoms with E-state index < -0.39 is 15.9 Å². The number of methoxy groups -OCH3 is 1. The largest absolute Gasteiger partial charge is 0.497 e. The summed E-state index contributed by atoms with van der Waals surface area (Å²) in [6.07, 6.45) is 0.574. The van der Waals surface area contributed by atoms with Gasteiger partial charge in [0.1, 0.15) is 12.4 Å². The Hall–Kier alpha value is -2.19. The minimum atomic E-state index is -1.71. The molecule has 1 fully saturated rings. The van der Waals surface area contributed by atoms with Gasteiger partial charge in [0, 0.05) is 25.7 Å². The van der Waals surface area contributed by atoms with Gasteiger partial charge in [-0.1, -0.05) is 77.3 Å². The zero-order valence-corrected chi connectivity index (χ0v) is 21.1. The van der Waals surface area contributed by atoms with E-state index in [0.29, 0.717) is 25.3 Å². The van der Waals surface area contributed by atoms with Crippen LogP contribution in [0.25, 0.3) is 0 Å².